The molecule has 5 atom stereocenters. The van der Waals surface area contributed by atoms with Crippen molar-refractivity contribution in [2.45, 2.75) is 29.3 Å². The first-order valence-corrected chi connectivity index (χ1v) is 10.8. The molecule has 0 amide bonds. The van der Waals surface area contributed by atoms with Gasteiger partial charge in [0.05, 0.1) is 17.8 Å². The van der Waals surface area contributed by atoms with E-state index in [0.717, 1.165) is 12.1 Å². The van der Waals surface area contributed by atoms with E-state index in [2.05, 4.69) is 27.9 Å². The number of nitrogens with zero attached hydrogens (tertiary/aromatic N) is 4. The van der Waals surface area contributed by atoms with Gasteiger partial charge in [0.15, 0.2) is 0 Å². The molecule has 1 fully saturated rings. The summed E-state index contributed by atoms with van der Waals surface area (Å²) in [6.07, 6.45) is 0.718. The smallest absolute Gasteiger partial charge is 0.149 e. The number of aliphatic hydroxyl groups excluding tert-OH is 2. The lowest BCUT2D eigenvalue weighted by Gasteiger charge is -2.51. The fourth-order valence-electron chi connectivity index (χ4n) is 4.08. The van der Waals surface area contributed by atoms with E-state index in [-0.39, 0.29) is 16.3 Å². The van der Waals surface area contributed by atoms with E-state index >= 15 is 0 Å². The van der Waals surface area contributed by atoms with Crippen molar-refractivity contribution in [2.24, 2.45) is 0 Å². The van der Waals surface area contributed by atoms with Gasteiger partial charge in [0.2, 0.25) is 0 Å². The van der Waals surface area contributed by atoms with Crippen LogP contribution in [0.15, 0.2) is 36.8 Å². The van der Waals surface area contributed by atoms with E-state index in [1.165, 1.54) is 30.4 Å². The third-order valence-corrected chi connectivity index (χ3v) is 6.52. The molecule has 0 aliphatic carbocycles. The zero-order chi connectivity index (χ0) is 23.9. The summed E-state index contributed by atoms with van der Waals surface area (Å²) in [5, 5.41) is 29.0. The van der Waals surface area contributed by atoms with Crippen LogP contribution >= 0.6 is 35.8 Å². The zero-order valence-corrected chi connectivity index (χ0v) is 19.3. The predicted octanol–water partition coefficient (Wildman–Crippen LogP) is 2.69. The van der Waals surface area contributed by atoms with Crippen LogP contribution in [0.4, 0.5) is 8.78 Å². The SMILES string of the molecule is CO[C@@H]1[C@H](S)O[C@@H](CO)[C@@H](O)[C@@]1(c1cncc(Cl)c1)n1cc(-c2cc(F)c(Cl)c(F)c2)nn1. The summed E-state index contributed by atoms with van der Waals surface area (Å²) in [6.45, 7) is -0.542. The summed E-state index contributed by atoms with van der Waals surface area (Å²) in [5.74, 6) is -1.93. The first-order chi connectivity index (χ1) is 15.7. The second kappa shape index (κ2) is 9.41. The minimum Gasteiger partial charge on any atom is -0.394 e. The number of aliphatic hydroxyl groups is 2. The van der Waals surface area contributed by atoms with Gasteiger partial charge in [-0.05, 0) is 18.2 Å². The Balaban J connectivity index is 1.95. The first kappa shape index (κ1) is 24.3. The second-order valence-corrected chi connectivity index (χ2v) is 8.69. The number of methoxy groups -OCH3 is 1. The Labute approximate surface area is 202 Å². The van der Waals surface area contributed by atoms with Gasteiger partial charge < -0.3 is 19.7 Å². The van der Waals surface area contributed by atoms with Crippen molar-refractivity contribution in [1.82, 2.24) is 20.0 Å². The molecule has 0 unspecified atom stereocenters. The van der Waals surface area contributed by atoms with E-state index < -0.39 is 52.6 Å². The average molecular weight is 519 g/mol. The Morgan fingerprint density at radius 1 is 1.24 bits per heavy atom. The van der Waals surface area contributed by atoms with Gasteiger partial charge in [-0.25, -0.2) is 13.5 Å². The molecule has 0 saturated carbocycles. The number of thiol groups is 1. The highest BCUT2D eigenvalue weighted by atomic mass is 35.5. The average Bonchev–Trinajstić information content (AvgIpc) is 3.28. The molecule has 1 aromatic carbocycles. The number of pyridine rings is 1. The van der Waals surface area contributed by atoms with Crippen molar-refractivity contribution in [1.29, 1.82) is 0 Å². The van der Waals surface area contributed by atoms with Gasteiger partial charge in [0.1, 0.15) is 51.6 Å². The van der Waals surface area contributed by atoms with Crippen LogP contribution in [0.3, 0.4) is 0 Å². The van der Waals surface area contributed by atoms with Gasteiger partial charge in [-0.1, -0.05) is 28.4 Å². The van der Waals surface area contributed by atoms with Gasteiger partial charge >= 0.3 is 0 Å². The van der Waals surface area contributed by atoms with Crippen LogP contribution in [0.1, 0.15) is 5.56 Å². The molecule has 1 saturated heterocycles. The number of ether oxygens (including phenoxy) is 2. The van der Waals surface area contributed by atoms with Gasteiger partial charge in [0.25, 0.3) is 0 Å². The second-order valence-electron chi connectivity index (χ2n) is 7.37. The van der Waals surface area contributed by atoms with Gasteiger partial charge in [0, 0.05) is 30.6 Å². The minimum atomic E-state index is -1.58. The van der Waals surface area contributed by atoms with Crippen molar-refractivity contribution < 1.29 is 28.5 Å². The number of hydrogen-bond acceptors (Lipinski definition) is 8. The molecule has 0 spiro atoms. The summed E-state index contributed by atoms with van der Waals surface area (Å²) in [7, 11) is 1.39. The number of rotatable bonds is 5. The predicted molar refractivity (Wildman–Crippen MR) is 118 cm³/mol. The molecule has 8 nitrogen and oxygen atoms in total. The van der Waals surface area contributed by atoms with Crippen LogP contribution in [-0.2, 0) is 15.0 Å². The molecule has 4 rings (SSSR count). The minimum absolute atomic E-state index is 0.0664. The van der Waals surface area contributed by atoms with Crippen LogP contribution in [0, 0.1) is 11.6 Å². The molecule has 33 heavy (non-hydrogen) atoms. The molecule has 0 radical (unpaired) electrons. The molecular formula is C20H18Cl2F2N4O4S. The summed E-state index contributed by atoms with van der Waals surface area (Å²) in [5.41, 5.74) is -1.99. The quantitative estimate of drug-likeness (QED) is 0.352. The number of halogens is 4. The summed E-state index contributed by atoms with van der Waals surface area (Å²) >= 11 is 16.2. The Kier molecular flexibility index (Phi) is 6.92. The van der Waals surface area contributed by atoms with Crippen LogP contribution in [0.5, 0.6) is 0 Å². The Morgan fingerprint density at radius 3 is 2.55 bits per heavy atom. The van der Waals surface area contributed by atoms with Crippen molar-refractivity contribution >= 4 is 35.8 Å². The molecule has 176 valence electrons. The van der Waals surface area contributed by atoms with Crippen molar-refractivity contribution in [3.05, 3.63) is 64.0 Å². The maximum absolute atomic E-state index is 14.0. The van der Waals surface area contributed by atoms with E-state index in [1.54, 1.807) is 6.07 Å². The molecule has 2 aromatic heterocycles. The van der Waals surface area contributed by atoms with Crippen molar-refractivity contribution in [3.63, 3.8) is 0 Å². The topological polar surface area (TPSA) is 103 Å². The maximum atomic E-state index is 14.0. The van der Waals surface area contributed by atoms with Crippen LogP contribution in [0.25, 0.3) is 11.3 Å². The van der Waals surface area contributed by atoms with Crippen LogP contribution in [-0.4, -0.2) is 67.7 Å². The Hall–Kier alpha value is -1.86. The number of aromatic nitrogens is 4. The zero-order valence-electron chi connectivity index (χ0n) is 16.9. The van der Waals surface area contributed by atoms with Crippen LogP contribution in [0.2, 0.25) is 10.0 Å². The van der Waals surface area contributed by atoms with Gasteiger partial charge in [-0.2, -0.15) is 0 Å². The Morgan fingerprint density at radius 2 is 1.94 bits per heavy atom. The lowest BCUT2D eigenvalue weighted by atomic mass is 9.76. The molecule has 0 bridgehead atoms. The molecule has 3 aromatic rings. The van der Waals surface area contributed by atoms with Crippen molar-refractivity contribution in [2.75, 3.05) is 13.7 Å². The fourth-order valence-corrected chi connectivity index (χ4v) is 4.87. The standard InChI is InChI=1S/C20H18Cl2F2N4O4S/c1-31-18-19(33)32-15(8-29)17(30)20(18,10-4-11(21)6-25-5-10)28-7-14(26-27-28)9-2-12(23)16(22)13(24)3-9/h2-7,15,17-19,29-30,33H,8H2,1H3/t15-,17+,18+,19-,20+/m0/s1. The highest BCUT2D eigenvalue weighted by molar-refractivity contribution is 7.80. The number of hydrogen-bond donors (Lipinski definition) is 3. The lowest BCUT2D eigenvalue weighted by Crippen LogP contribution is -2.67. The first-order valence-electron chi connectivity index (χ1n) is 9.58. The maximum Gasteiger partial charge on any atom is 0.149 e. The fraction of sp³-hybridized carbons (Fsp3) is 0.350. The molecule has 1 aliphatic heterocycles. The van der Waals surface area contributed by atoms with E-state index in [1.807, 2.05) is 0 Å². The molecule has 2 N–H and O–H groups in total. The Bertz CT molecular complexity index is 1150. The molecular weight excluding hydrogens is 501 g/mol. The van der Waals surface area contributed by atoms with Gasteiger partial charge in [-0.3, -0.25) is 4.98 Å². The lowest BCUT2D eigenvalue weighted by molar-refractivity contribution is -0.213. The van der Waals surface area contributed by atoms with Crippen molar-refractivity contribution in [3.8, 4) is 11.3 Å². The molecule has 1 aliphatic rings. The third kappa shape index (κ3) is 4.01. The summed E-state index contributed by atoms with van der Waals surface area (Å²) < 4.78 is 40.6. The summed E-state index contributed by atoms with van der Waals surface area (Å²) in [4.78, 5) is 4.10. The molecule has 3 heterocycles. The van der Waals surface area contributed by atoms with E-state index in [9.17, 15) is 19.0 Å². The number of benzene rings is 1. The molecule has 13 heteroatoms. The van der Waals surface area contributed by atoms with E-state index in [0.29, 0.717) is 5.56 Å². The van der Waals surface area contributed by atoms with Gasteiger partial charge in [-0.15, -0.1) is 17.7 Å². The van der Waals surface area contributed by atoms with E-state index in [4.69, 9.17) is 32.7 Å². The largest absolute Gasteiger partial charge is 0.394 e. The monoisotopic (exact) mass is 518 g/mol. The normalized spacial score (nSPS) is 27.6. The highest BCUT2D eigenvalue weighted by Crippen LogP contribution is 2.44. The highest BCUT2D eigenvalue weighted by Gasteiger charge is 2.59. The van der Waals surface area contributed by atoms with Crippen LogP contribution < -0.4 is 0 Å². The summed E-state index contributed by atoms with van der Waals surface area (Å²) in [6, 6.07) is 3.58. The third-order valence-electron chi connectivity index (χ3n) is 5.56.